The van der Waals surface area contributed by atoms with Crippen molar-refractivity contribution in [1.82, 2.24) is 4.72 Å². The molecule has 3 N–H and O–H groups in total. The molecule has 0 amide bonds. The minimum atomic E-state index is -3.79. The Morgan fingerprint density at radius 1 is 1.19 bits per heavy atom. The van der Waals surface area contributed by atoms with Crippen molar-refractivity contribution in [2.24, 2.45) is 5.73 Å². The molecular formula is C15H25FN2O2S. The minimum absolute atomic E-state index is 0.0253. The molecule has 0 unspecified atom stereocenters. The molecule has 0 radical (unpaired) electrons. The van der Waals surface area contributed by atoms with Crippen molar-refractivity contribution < 1.29 is 12.8 Å². The molecule has 0 aliphatic carbocycles. The standard InChI is InChI=1S/C15H25FN2O2S/c1-5-15(6-2,7-3)18-21(19,20)14-9-12(10-17)8-13(16)11(14)4/h8-9,18H,5-7,10,17H2,1-4H3. The van der Waals surface area contributed by atoms with E-state index in [1.165, 1.54) is 19.1 Å². The van der Waals surface area contributed by atoms with Crippen molar-refractivity contribution in [1.29, 1.82) is 0 Å². The quantitative estimate of drug-likeness (QED) is 0.812. The van der Waals surface area contributed by atoms with Gasteiger partial charge in [-0.1, -0.05) is 20.8 Å². The molecule has 0 atom stereocenters. The van der Waals surface area contributed by atoms with Gasteiger partial charge in [0.2, 0.25) is 10.0 Å². The van der Waals surface area contributed by atoms with Crippen molar-refractivity contribution in [2.45, 2.75) is 63.9 Å². The molecule has 0 aliphatic rings. The molecule has 0 spiro atoms. The van der Waals surface area contributed by atoms with E-state index in [2.05, 4.69) is 4.72 Å². The van der Waals surface area contributed by atoms with Crippen LogP contribution < -0.4 is 10.5 Å². The summed E-state index contributed by atoms with van der Waals surface area (Å²) < 4.78 is 41.9. The van der Waals surface area contributed by atoms with Gasteiger partial charge in [0.15, 0.2) is 0 Å². The highest BCUT2D eigenvalue weighted by Crippen LogP contribution is 2.26. The van der Waals surface area contributed by atoms with Crippen molar-refractivity contribution in [3.05, 3.63) is 29.1 Å². The number of nitrogens with two attached hydrogens (primary N) is 1. The summed E-state index contributed by atoms with van der Waals surface area (Å²) in [7, 11) is -3.79. The SMILES string of the molecule is CCC(CC)(CC)NS(=O)(=O)c1cc(CN)cc(F)c1C. The smallest absolute Gasteiger partial charge is 0.241 e. The molecule has 1 aromatic carbocycles. The highest BCUT2D eigenvalue weighted by molar-refractivity contribution is 7.89. The van der Waals surface area contributed by atoms with Crippen molar-refractivity contribution in [2.75, 3.05) is 0 Å². The van der Waals surface area contributed by atoms with Crippen molar-refractivity contribution in [3.8, 4) is 0 Å². The average Bonchev–Trinajstić information content (AvgIpc) is 2.47. The summed E-state index contributed by atoms with van der Waals surface area (Å²) in [5, 5.41) is 0. The zero-order valence-electron chi connectivity index (χ0n) is 13.2. The van der Waals surface area contributed by atoms with E-state index in [4.69, 9.17) is 5.73 Å². The minimum Gasteiger partial charge on any atom is -0.326 e. The van der Waals surface area contributed by atoms with Crippen LogP contribution in [0.25, 0.3) is 0 Å². The van der Waals surface area contributed by atoms with Crippen LogP contribution in [0.1, 0.15) is 51.2 Å². The van der Waals surface area contributed by atoms with E-state index in [-0.39, 0.29) is 17.0 Å². The number of halogens is 1. The summed E-state index contributed by atoms with van der Waals surface area (Å²) in [6, 6.07) is 2.73. The fraction of sp³-hybridized carbons (Fsp3) is 0.600. The Labute approximate surface area is 127 Å². The van der Waals surface area contributed by atoms with Gasteiger partial charge in [-0.2, -0.15) is 0 Å². The van der Waals surface area contributed by atoms with Gasteiger partial charge in [-0.3, -0.25) is 0 Å². The normalized spacial score (nSPS) is 12.7. The third-order valence-electron chi connectivity index (χ3n) is 4.26. The zero-order valence-corrected chi connectivity index (χ0v) is 14.0. The van der Waals surface area contributed by atoms with Crippen LogP contribution in [0, 0.1) is 12.7 Å². The third-order valence-corrected chi connectivity index (χ3v) is 5.97. The lowest BCUT2D eigenvalue weighted by molar-refractivity contribution is 0.341. The van der Waals surface area contributed by atoms with E-state index < -0.39 is 21.4 Å². The molecule has 1 rings (SSSR count). The van der Waals surface area contributed by atoms with Crippen molar-refractivity contribution >= 4 is 10.0 Å². The van der Waals surface area contributed by atoms with Crippen LogP contribution in [0.2, 0.25) is 0 Å². The molecule has 4 nitrogen and oxygen atoms in total. The van der Waals surface area contributed by atoms with E-state index in [1.54, 1.807) is 0 Å². The molecular weight excluding hydrogens is 291 g/mol. The molecule has 0 saturated heterocycles. The number of sulfonamides is 1. The molecule has 0 saturated carbocycles. The van der Waals surface area contributed by atoms with Crippen LogP contribution in [0.3, 0.4) is 0 Å². The lowest BCUT2D eigenvalue weighted by atomic mass is 9.91. The first kappa shape index (κ1) is 18.1. The second-order valence-corrected chi connectivity index (χ2v) is 7.00. The third kappa shape index (κ3) is 3.81. The molecule has 21 heavy (non-hydrogen) atoms. The van der Waals surface area contributed by atoms with E-state index in [1.807, 2.05) is 20.8 Å². The molecule has 0 aromatic heterocycles. The van der Waals surface area contributed by atoms with Gasteiger partial charge >= 0.3 is 0 Å². The van der Waals surface area contributed by atoms with Gasteiger partial charge < -0.3 is 5.73 Å². The molecule has 0 aliphatic heterocycles. The Kier molecular flexibility index (Phi) is 5.90. The van der Waals surface area contributed by atoms with Crippen molar-refractivity contribution in [3.63, 3.8) is 0 Å². The molecule has 120 valence electrons. The van der Waals surface area contributed by atoms with Gasteiger partial charge in [0.05, 0.1) is 4.90 Å². The largest absolute Gasteiger partial charge is 0.326 e. The topological polar surface area (TPSA) is 72.2 Å². The molecule has 6 heteroatoms. The summed E-state index contributed by atoms with van der Waals surface area (Å²) in [5.41, 5.74) is 5.59. The van der Waals surface area contributed by atoms with Gasteiger partial charge in [0, 0.05) is 17.6 Å². The van der Waals surface area contributed by atoms with Gasteiger partial charge in [0.25, 0.3) is 0 Å². The Morgan fingerprint density at radius 2 is 1.71 bits per heavy atom. The second-order valence-electron chi connectivity index (χ2n) is 5.35. The predicted molar refractivity (Wildman–Crippen MR) is 83.0 cm³/mol. The van der Waals surface area contributed by atoms with E-state index in [0.717, 1.165) is 0 Å². The fourth-order valence-electron chi connectivity index (χ4n) is 2.41. The Morgan fingerprint density at radius 3 is 2.14 bits per heavy atom. The maximum atomic E-state index is 13.9. The first-order valence-electron chi connectivity index (χ1n) is 7.28. The number of hydrogen-bond donors (Lipinski definition) is 2. The van der Waals surface area contributed by atoms with Crippen LogP contribution in [-0.4, -0.2) is 14.0 Å². The highest BCUT2D eigenvalue weighted by Gasteiger charge is 2.31. The Bertz CT molecular complexity index is 588. The van der Waals surface area contributed by atoms with E-state index in [9.17, 15) is 12.8 Å². The summed E-state index contributed by atoms with van der Waals surface area (Å²) in [4.78, 5) is -0.0253. The number of nitrogens with one attached hydrogen (secondary N) is 1. The van der Waals surface area contributed by atoms with Gasteiger partial charge in [0.1, 0.15) is 5.82 Å². The first-order valence-corrected chi connectivity index (χ1v) is 8.76. The highest BCUT2D eigenvalue weighted by atomic mass is 32.2. The Balaban J connectivity index is 3.34. The lowest BCUT2D eigenvalue weighted by Crippen LogP contribution is -2.47. The fourth-order valence-corrected chi connectivity index (χ4v) is 4.33. The van der Waals surface area contributed by atoms with E-state index >= 15 is 0 Å². The van der Waals surface area contributed by atoms with Gasteiger partial charge in [-0.05, 0) is 43.9 Å². The van der Waals surface area contributed by atoms with E-state index in [0.29, 0.717) is 24.8 Å². The summed E-state index contributed by atoms with van der Waals surface area (Å²) in [6.07, 6.45) is 2.03. The summed E-state index contributed by atoms with van der Waals surface area (Å²) in [5.74, 6) is -0.548. The molecule has 0 bridgehead atoms. The number of rotatable bonds is 7. The van der Waals surface area contributed by atoms with Crippen LogP contribution in [-0.2, 0) is 16.6 Å². The maximum Gasteiger partial charge on any atom is 0.241 e. The lowest BCUT2D eigenvalue weighted by Gasteiger charge is -2.31. The summed E-state index contributed by atoms with van der Waals surface area (Å²) in [6.45, 7) is 7.40. The van der Waals surface area contributed by atoms with Crippen LogP contribution in [0.5, 0.6) is 0 Å². The maximum absolute atomic E-state index is 13.9. The molecule has 0 heterocycles. The predicted octanol–water partition coefficient (Wildman–Crippen LogP) is 2.84. The average molecular weight is 316 g/mol. The first-order chi connectivity index (χ1) is 9.75. The number of benzene rings is 1. The zero-order chi connectivity index (χ0) is 16.3. The van der Waals surface area contributed by atoms with Gasteiger partial charge in [-0.15, -0.1) is 0 Å². The Hall–Kier alpha value is -0.980. The van der Waals surface area contributed by atoms with Crippen LogP contribution >= 0.6 is 0 Å². The van der Waals surface area contributed by atoms with Crippen LogP contribution in [0.15, 0.2) is 17.0 Å². The second kappa shape index (κ2) is 6.85. The van der Waals surface area contributed by atoms with Gasteiger partial charge in [-0.25, -0.2) is 17.5 Å². The molecule has 0 fully saturated rings. The summed E-state index contributed by atoms with van der Waals surface area (Å²) >= 11 is 0. The number of hydrogen-bond acceptors (Lipinski definition) is 3. The monoisotopic (exact) mass is 316 g/mol. The molecule has 1 aromatic rings. The van der Waals surface area contributed by atoms with Crippen LogP contribution in [0.4, 0.5) is 4.39 Å².